The fourth-order valence-electron chi connectivity index (χ4n) is 2.61. The molecule has 122 valence electrons. The van der Waals surface area contributed by atoms with Crippen LogP contribution >= 0.6 is 10.6 Å². The molecule has 3 rings (SSSR count). The Labute approximate surface area is 134 Å². The molecule has 1 aliphatic heterocycles. The summed E-state index contributed by atoms with van der Waals surface area (Å²) >= 11 is 0. The maximum absolute atomic E-state index is 12.8. The molecule has 7 nitrogen and oxygen atoms in total. The summed E-state index contributed by atoms with van der Waals surface area (Å²) in [6.07, 6.45) is 0. The molecule has 2 N–H and O–H groups in total. The fourth-order valence-corrected chi connectivity index (χ4v) is 6.97. The van der Waals surface area contributed by atoms with Gasteiger partial charge in [0.2, 0.25) is 0 Å². The number of hydrogen-bond donors (Lipinski definition) is 2. The second kappa shape index (κ2) is 5.31. The van der Waals surface area contributed by atoms with Crippen LogP contribution in [-0.2, 0) is 9.84 Å². The quantitative estimate of drug-likeness (QED) is 0.817. The first-order chi connectivity index (χ1) is 10.7. The van der Waals surface area contributed by atoms with Gasteiger partial charge in [0.1, 0.15) is 5.25 Å². The summed E-state index contributed by atoms with van der Waals surface area (Å²) < 4.78 is 47.9. The zero-order valence-corrected chi connectivity index (χ0v) is 13.3. The van der Waals surface area contributed by atoms with E-state index in [9.17, 15) is 22.4 Å². The molecule has 2 atom stereocenters. The van der Waals surface area contributed by atoms with E-state index in [2.05, 4.69) is 0 Å². The molecule has 0 spiro atoms. The summed E-state index contributed by atoms with van der Waals surface area (Å²) in [5.41, 5.74) is -0.136. The Kier molecular flexibility index (Phi) is 3.68. The number of rotatable bonds is 3. The average Bonchev–Trinajstić information content (AvgIpc) is 2.80. The van der Waals surface area contributed by atoms with Crippen LogP contribution < -0.4 is 0 Å². The Morgan fingerprint density at radius 2 is 1.83 bits per heavy atom. The first-order valence-electron chi connectivity index (χ1n) is 6.57. The van der Waals surface area contributed by atoms with E-state index in [1.807, 2.05) is 0 Å². The molecule has 1 heterocycles. The Morgan fingerprint density at radius 1 is 1.17 bits per heavy atom. The van der Waals surface area contributed by atoms with Crippen LogP contribution in [0.1, 0.15) is 10.8 Å². The van der Waals surface area contributed by atoms with Gasteiger partial charge in [-0.3, -0.25) is 0 Å². The molecule has 0 bridgehead atoms. The van der Waals surface area contributed by atoms with E-state index in [1.54, 1.807) is 18.2 Å². The van der Waals surface area contributed by atoms with E-state index in [0.29, 0.717) is 0 Å². The second-order valence-corrected chi connectivity index (χ2v) is 9.33. The van der Waals surface area contributed by atoms with Gasteiger partial charge in [-0.05, 0) is 23.8 Å². The van der Waals surface area contributed by atoms with Crippen LogP contribution in [-0.4, -0.2) is 33.4 Å². The number of nitrogens with zero attached hydrogens (tertiary/aromatic N) is 1. The summed E-state index contributed by atoms with van der Waals surface area (Å²) in [6.45, 7) is 0. The Balaban J connectivity index is 2.18. The van der Waals surface area contributed by atoms with E-state index in [0.717, 1.165) is 6.07 Å². The standard InChI is InChI=1S/C14H13NO6S2/c16-15(17)10-6-7-13-12(8-10)14(9-22(13,18)19)23(20,21)11-4-2-1-3-5-11/h1-8,14H,9H2,(H2-,16,17,18,19). The van der Waals surface area contributed by atoms with Gasteiger partial charge >= 0.3 is 5.69 Å². The van der Waals surface area contributed by atoms with Gasteiger partial charge in [0.15, 0.2) is 9.84 Å². The van der Waals surface area contributed by atoms with Crippen molar-refractivity contribution in [2.45, 2.75) is 15.0 Å². The van der Waals surface area contributed by atoms with Crippen molar-refractivity contribution in [1.29, 1.82) is 0 Å². The highest BCUT2D eigenvalue weighted by Gasteiger charge is 2.40. The molecule has 0 aromatic heterocycles. The minimum absolute atomic E-state index is 0.0207. The van der Waals surface area contributed by atoms with Crippen molar-refractivity contribution in [1.82, 2.24) is 0 Å². The van der Waals surface area contributed by atoms with Crippen molar-refractivity contribution in [2.24, 2.45) is 0 Å². The summed E-state index contributed by atoms with van der Waals surface area (Å²) in [6, 6.07) is 11.1. The zero-order valence-electron chi connectivity index (χ0n) is 11.7. The van der Waals surface area contributed by atoms with Gasteiger partial charge in [-0.15, -0.1) is 0 Å². The van der Waals surface area contributed by atoms with Crippen molar-refractivity contribution in [3.8, 4) is 0 Å². The lowest BCUT2D eigenvalue weighted by atomic mass is 10.1. The molecule has 0 aliphatic carbocycles. The Bertz CT molecular complexity index is 879. The molecular weight excluding hydrogens is 342 g/mol. The van der Waals surface area contributed by atoms with Gasteiger partial charge in [0, 0.05) is 22.8 Å². The molecule has 2 aromatic rings. The molecule has 0 amide bonds. The Hall–Kier alpha value is -1.94. The van der Waals surface area contributed by atoms with Gasteiger partial charge < -0.3 is 19.7 Å². The van der Waals surface area contributed by atoms with Crippen molar-refractivity contribution < 1.29 is 27.7 Å². The van der Waals surface area contributed by atoms with Gasteiger partial charge in [-0.25, -0.2) is 13.6 Å². The smallest absolute Gasteiger partial charge is 0.317 e. The monoisotopic (exact) mass is 355 g/mol. The van der Waals surface area contributed by atoms with Gasteiger partial charge in [-0.1, -0.05) is 18.2 Å². The fraction of sp³-hybridized carbons (Fsp3) is 0.143. The van der Waals surface area contributed by atoms with E-state index < -0.39 is 36.4 Å². The maximum Gasteiger partial charge on any atom is 0.317 e. The lowest BCUT2D eigenvalue weighted by Gasteiger charge is -2.42. The molecule has 0 fully saturated rings. The molecule has 0 saturated carbocycles. The van der Waals surface area contributed by atoms with Crippen LogP contribution in [0.3, 0.4) is 0 Å². The zero-order chi connectivity index (χ0) is 16.8. The number of hydrogen-bond acceptors (Lipinski definition) is 5. The first kappa shape index (κ1) is 15.9. The third-order valence-corrected chi connectivity index (χ3v) is 7.88. The second-order valence-electron chi connectivity index (χ2n) is 5.15. The van der Waals surface area contributed by atoms with Crippen LogP contribution in [0.4, 0.5) is 5.69 Å². The molecule has 2 aromatic carbocycles. The normalized spacial score (nSPS) is 26.3. The molecule has 1 aliphatic rings. The van der Waals surface area contributed by atoms with Gasteiger partial charge in [0.05, 0.1) is 9.80 Å². The van der Waals surface area contributed by atoms with Crippen molar-refractivity contribution >= 4 is 26.1 Å². The topological polar surface area (TPSA) is 118 Å². The average molecular weight is 355 g/mol. The van der Waals surface area contributed by atoms with Crippen LogP contribution in [0.2, 0.25) is 0 Å². The lowest BCUT2D eigenvalue weighted by molar-refractivity contribution is -0.729. The van der Waals surface area contributed by atoms with Crippen LogP contribution in [0, 0.1) is 4.91 Å². The van der Waals surface area contributed by atoms with E-state index in [-0.39, 0.29) is 21.0 Å². The summed E-state index contributed by atoms with van der Waals surface area (Å²) in [5, 5.41) is 7.73. The van der Waals surface area contributed by atoms with Crippen molar-refractivity contribution in [3.63, 3.8) is 0 Å². The van der Waals surface area contributed by atoms with Gasteiger partial charge in [-0.2, -0.15) is 0 Å². The molecule has 0 saturated heterocycles. The van der Waals surface area contributed by atoms with Crippen molar-refractivity contribution in [2.75, 3.05) is 5.75 Å². The van der Waals surface area contributed by atoms with Crippen LogP contribution in [0.25, 0.3) is 0 Å². The minimum Gasteiger partial charge on any atom is -0.764 e. The molecule has 23 heavy (non-hydrogen) atoms. The van der Waals surface area contributed by atoms with Crippen LogP contribution in [0.5, 0.6) is 0 Å². The Morgan fingerprint density at radius 3 is 2.43 bits per heavy atom. The van der Waals surface area contributed by atoms with Crippen LogP contribution in [0.15, 0.2) is 58.3 Å². The third-order valence-electron chi connectivity index (χ3n) is 3.73. The summed E-state index contributed by atoms with van der Waals surface area (Å²) in [5.74, 6) is -0.479. The highest BCUT2D eigenvalue weighted by molar-refractivity contribution is 8.25. The SMILES string of the molecule is O=[N+](O)c1ccc2c(c1)C(S(=O)(=O)c1ccccc1)CS2([O-])O. The molecular formula is C14H13NO6S2. The first-order valence-corrected chi connectivity index (χ1v) is 9.80. The number of benzene rings is 2. The largest absolute Gasteiger partial charge is 0.764 e. The van der Waals surface area contributed by atoms with E-state index in [4.69, 9.17) is 5.21 Å². The minimum atomic E-state index is -3.91. The predicted octanol–water partition coefficient (Wildman–Crippen LogP) is 2.78. The van der Waals surface area contributed by atoms with E-state index >= 15 is 0 Å². The molecule has 9 heteroatoms. The van der Waals surface area contributed by atoms with Crippen molar-refractivity contribution in [3.05, 3.63) is 59.0 Å². The molecule has 0 radical (unpaired) electrons. The number of sulfone groups is 1. The predicted molar refractivity (Wildman–Crippen MR) is 82.0 cm³/mol. The maximum atomic E-state index is 12.8. The highest BCUT2D eigenvalue weighted by Crippen LogP contribution is 2.61. The summed E-state index contributed by atoms with van der Waals surface area (Å²) in [7, 11) is -7.43. The number of fused-ring (bicyclic) bond motifs is 1. The van der Waals surface area contributed by atoms with E-state index in [1.165, 1.54) is 24.3 Å². The van der Waals surface area contributed by atoms with Gasteiger partial charge in [0.25, 0.3) is 4.92 Å². The molecule has 2 unspecified atom stereocenters. The summed E-state index contributed by atoms with van der Waals surface area (Å²) in [4.78, 5) is 10.6. The third kappa shape index (κ3) is 2.61. The lowest BCUT2D eigenvalue weighted by Crippen LogP contribution is -2.15. The highest BCUT2D eigenvalue weighted by atomic mass is 32.3.